The lowest BCUT2D eigenvalue weighted by molar-refractivity contribution is 0.0789. The standard InChI is InChI=1S/C24H24N2O5S/c1-16-7-11-20(12-8-16)32(28,29)26-21-13-18(10-9-17(21)2)24(27)25-14-19-15-30-22-5-3-4-6-23(22)31-19/h3-13,19,26H,14-15H2,1-2H3,(H,25,27)/t19-/m1/s1. The Morgan fingerprint density at radius 1 is 1.00 bits per heavy atom. The summed E-state index contributed by atoms with van der Waals surface area (Å²) in [6.45, 7) is 4.25. The molecule has 1 amide bonds. The topological polar surface area (TPSA) is 93.7 Å². The molecule has 0 saturated heterocycles. The number of amides is 1. The molecule has 0 spiro atoms. The lowest BCUT2D eigenvalue weighted by Crippen LogP contribution is -2.40. The largest absolute Gasteiger partial charge is 0.486 e. The second-order valence-corrected chi connectivity index (χ2v) is 9.34. The molecule has 2 N–H and O–H groups in total. The molecule has 4 rings (SSSR count). The van der Waals surface area contributed by atoms with Crippen LogP contribution in [0.3, 0.4) is 0 Å². The summed E-state index contributed by atoms with van der Waals surface area (Å²) in [7, 11) is -3.77. The first-order valence-electron chi connectivity index (χ1n) is 10.2. The molecule has 0 aliphatic carbocycles. The molecule has 0 bridgehead atoms. The van der Waals surface area contributed by atoms with E-state index in [1.54, 1.807) is 43.3 Å². The smallest absolute Gasteiger partial charge is 0.261 e. The lowest BCUT2D eigenvalue weighted by Gasteiger charge is -2.26. The van der Waals surface area contributed by atoms with Gasteiger partial charge in [-0.15, -0.1) is 0 Å². The first kappa shape index (κ1) is 21.7. The summed E-state index contributed by atoms with van der Waals surface area (Å²) >= 11 is 0. The van der Waals surface area contributed by atoms with Gasteiger partial charge in [0, 0.05) is 5.56 Å². The van der Waals surface area contributed by atoms with Gasteiger partial charge in [-0.1, -0.05) is 35.9 Å². The van der Waals surface area contributed by atoms with E-state index >= 15 is 0 Å². The number of carbonyl (C=O) groups excluding carboxylic acids is 1. The van der Waals surface area contributed by atoms with Crippen molar-refractivity contribution in [2.45, 2.75) is 24.8 Å². The van der Waals surface area contributed by atoms with Gasteiger partial charge in [-0.25, -0.2) is 8.42 Å². The average Bonchev–Trinajstić information content (AvgIpc) is 2.79. The van der Waals surface area contributed by atoms with Gasteiger partial charge >= 0.3 is 0 Å². The Balaban J connectivity index is 1.43. The van der Waals surface area contributed by atoms with Gasteiger partial charge in [-0.2, -0.15) is 0 Å². The van der Waals surface area contributed by atoms with Crippen molar-refractivity contribution in [1.82, 2.24) is 5.32 Å². The van der Waals surface area contributed by atoms with E-state index in [2.05, 4.69) is 10.0 Å². The van der Waals surface area contributed by atoms with Crippen molar-refractivity contribution < 1.29 is 22.7 Å². The molecule has 0 aromatic heterocycles. The molecule has 166 valence electrons. The van der Waals surface area contributed by atoms with Crippen molar-refractivity contribution in [1.29, 1.82) is 0 Å². The van der Waals surface area contributed by atoms with Crippen molar-refractivity contribution in [3.8, 4) is 11.5 Å². The number of hydrogen-bond acceptors (Lipinski definition) is 5. The Hall–Kier alpha value is -3.52. The highest BCUT2D eigenvalue weighted by Crippen LogP contribution is 2.30. The minimum absolute atomic E-state index is 0.159. The average molecular weight is 453 g/mol. The van der Waals surface area contributed by atoms with E-state index in [0.29, 0.717) is 34.9 Å². The third-order valence-corrected chi connectivity index (χ3v) is 6.51. The second kappa shape index (κ2) is 8.92. The van der Waals surface area contributed by atoms with Crippen LogP contribution >= 0.6 is 0 Å². The summed E-state index contributed by atoms with van der Waals surface area (Å²) in [6.07, 6.45) is -0.321. The van der Waals surface area contributed by atoms with E-state index in [1.165, 1.54) is 6.07 Å². The Morgan fingerprint density at radius 3 is 2.47 bits per heavy atom. The summed E-state index contributed by atoms with van der Waals surface area (Å²) in [4.78, 5) is 12.8. The van der Waals surface area contributed by atoms with Crippen LogP contribution in [0.1, 0.15) is 21.5 Å². The van der Waals surface area contributed by atoms with Crippen LogP contribution < -0.4 is 19.5 Å². The van der Waals surface area contributed by atoms with Crippen molar-refractivity contribution in [2.24, 2.45) is 0 Å². The van der Waals surface area contributed by atoms with Crippen LogP contribution in [0.25, 0.3) is 0 Å². The Morgan fingerprint density at radius 2 is 1.72 bits per heavy atom. The van der Waals surface area contributed by atoms with E-state index in [0.717, 1.165) is 5.56 Å². The number of benzene rings is 3. The fraction of sp³-hybridized carbons (Fsp3) is 0.208. The molecule has 0 radical (unpaired) electrons. The first-order chi connectivity index (χ1) is 15.3. The van der Waals surface area contributed by atoms with E-state index in [-0.39, 0.29) is 23.5 Å². The third kappa shape index (κ3) is 4.86. The van der Waals surface area contributed by atoms with Gasteiger partial charge < -0.3 is 14.8 Å². The molecular formula is C24H24N2O5S. The van der Waals surface area contributed by atoms with E-state index in [4.69, 9.17) is 9.47 Å². The molecule has 1 heterocycles. The zero-order chi connectivity index (χ0) is 22.7. The van der Waals surface area contributed by atoms with Crippen molar-refractivity contribution in [2.75, 3.05) is 17.9 Å². The monoisotopic (exact) mass is 452 g/mol. The van der Waals surface area contributed by atoms with Gasteiger partial charge in [-0.3, -0.25) is 9.52 Å². The number of aryl methyl sites for hydroxylation is 2. The number of para-hydroxylation sites is 2. The van der Waals surface area contributed by atoms with Crippen molar-refractivity contribution >= 4 is 21.6 Å². The van der Waals surface area contributed by atoms with Crippen LogP contribution in [0.5, 0.6) is 11.5 Å². The molecule has 7 nitrogen and oxygen atoms in total. The highest BCUT2D eigenvalue weighted by molar-refractivity contribution is 7.92. The number of ether oxygens (including phenoxy) is 2. The van der Waals surface area contributed by atoms with Gasteiger partial charge in [0.1, 0.15) is 12.7 Å². The van der Waals surface area contributed by atoms with Crippen molar-refractivity contribution in [3.05, 3.63) is 83.4 Å². The summed E-state index contributed by atoms with van der Waals surface area (Å²) in [5.41, 5.74) is 2.37. The zero-order valence-corrected chi connectivity index (χ0v) is 18.6. The van der Waals surface area contributed by atoms with Gasteiger partial charge in [0.25, 0.3) is 15.9 Å². The molecule has 1 aliphatic heterocycles. The Kier molecular flexibility index (Phi) is 6.05. The van der Waals surface area contributed by atoms with Gasteiger partial charge in [0.05, 0.1) is 17.1 Å². The highest BCUT2D eigenvalue weighted by Gasteiger charge is 2.22. The lowest BCUT2D eigenvalue weighted by atomic mass is 10.1. The molecule has 0 unspecified atom stereocenters. The van der Waals surface area contributed by atoms with Crippen LogP contribution in [0.4, 0.5) is 5.69 Å². The molecule has 3 aromatic carbocycles. The zero-order valence-electron chi connectivity index (χ0n) is 17.8. The number of nitrogens with one attached hydrogen (secondary N) is 2. The van der Waals surface area contributed by atoms with E-state index in [1.807, 2.05) is 31.2 Å². The fourth-order valence-corrected chi connectivity index (χ4v) is 4.39. The summed E-state index contributed by atoms with van der Waals surface area (Å²) in [5, 5.41) is 2.83. The molecular weight excluding hydrogens is 428 g/mol. The second-order valence-electron chi connectivity index (χ2n) is 7.66. The van der Waals surface area contributed by atoms with E-state index in [9.17, 15) is 13.2 Å². The summed E-state index contributed by atoms with van der Waals surface area (Å²) < 4.78 is 39.6. The number of carbonyl (C=O) groups is 1. The molecule has 0 fully saturated rings. The third-order valence-electron chi connectivity index (χ3n) is 5.13. The molecule has 1 atom stereocenters. The predicted octanol–water partition coefficient (Wildman–Crippen LogP) is 3.67. The molecule has 3 aromatic rings. The van der Waals surface area contributed by atoms with Crippen LogP contribution in [-0.2, 0) is 10.0 Å². The van der Waals surface area contributed by atoms with Crippen molar-refractivity contribution in [3.63, 3.8) is 0 Å². The predicted molar refractivity (Wildman–Crippen MR) is 122 cm³/mol. The van der Waals surface area contributed by atoms with Crippen LogP contribution in [0, 0.1) is 13.8 Å². The Bertz CT molecular complexity index is 1240. The number of fused-ring (bicyclic) bond motifs is 1. The maximum Gasteiger partial charge on any atom is 0.261 e. The molecule has 32 heavy (non-hydrogen) atoms. The number of sulfonamides is 1. The highest BCUT2D eigenvalue weighted by atomic mass is 32.2. The first-order valence-corrected chi connectivity index (χ1v) is 11.7. The quantitative estimate of drug-likeness (QED) is 0.595. The Labute approximate surface area is 187 Å². The SMILES string of the molecule is Cc1ccc(S(=O)(=O)Nc2cc(C(=O)NC[C@@H]3COc4ccccc4O3)ccc2C)cc1. The molecule has 0 saturated carbocycles. The van der Waals surface area contributed by atoms with Crippen LogP contribution in [-0.4, -0.2) is 33.6 Å². The molecule has 1 aliphatic rings. The minimum atomic E-state index is -3.77. The number of hydrogen-bond donors (Lipinski definition) is 2. The van der Waals surface area contributed by atoms with E-state index < -0.39 is 10.0 Å². The van der Waals surface area contributed by atoms with Gasteiger partial charge in [-0.05, 0) is 55.8 Å². The summed E-state index contributed by atoms with van der Waals surface area (Å²) in [5.74, 6) is 0.989. The maximum absolute atomic E-state index is 12.7. The number of rotatable bonds is 6. The van der Waals surface area contributed by atoms with Crippen LogP contribution in [0.15, 0.2) is 71.6 Å². The van der Waals surface area contributed by atoms with Crippen LogP contribution in [0.2, 0.25) is 0 Å². The van der Waals surface area contributed by atoms with Gasteiger partial charge in [0.2, 0.25) is 0 Å². The number of anilines is 1. The minimum Gasteiger partial charge on any atom is -0.486 e. The fourth-order valence-electron chi connectivity index (χ4n) is 3.27. The molecule has 8 heteroatoms. The van der Waals surface area contributed by atoms with Gasteiger partial charge in [0.15, 0.2) is 11.5 Å². The maximum atomic E-state index is 12.7. The summed E-state index contributed by atoms with van der Waals surface area (Å²) in [6, 6.07) is 18.8. The normalized spacial score (nSPS) is 15.1.